The third-order valence-electron chi connectivity index (χ3n) is 1.44. The molecule has 1 aromatic heterocycles. The molecule has 0 aliphatic carbocycles. The summed E-state index contributed by atoms with van der Waals surface area (Å²) in [6.45, 7) is 0.464. The summed E-state index contributed by atoms with van der Waals surface area (Å²) in [6, 6.07) is 1.85. The topological polar surface area (TPSA) is 69.0 Å². The summed E-state index contributed by atoms with van der Waals surface area (Å²) in [5.74, 6) is 5.81. The molecule has 1 aromatic rings. The van der Waals surface area contributed by atoms with E-state index >= 15 is 0 Å². The van der Waals surface area contributed by atoms with Crippen molar-refractivity contribution in [3.63, 3.8) is 0 Å². The van der Waals surface area contributed by atoms with Crippen molar-refractivity contribution in [3.05, 3.63) is 32.3 Å². The molecule has 4 nitrogen and oxygen atoms in total. The molecule has 0 radical (unpaired) electrons. The Balaban J connectivity index is 2.46. The molecule has 0 saturated heterocycles. The SMILES string of the molecule is [N-]=[N+]=NCCC#Cc1csc(CO)c1. The average molecular weight is 207 g/mol. The minimum Gasteiger partial charge on any atom is -0.391 e. The highest BCUT2D eigenvalue weighted by Gasteiger charge is 1.93. The summed E-state index contributed by atoms with van der Waals surface area (Å²) in [5, 5.41) is 14.1. The maximum Gasteiger partial charge on any atom is 0.0774 e. The van der Waals surface area contributed by atoms with Crippen molar-refractivity contribution >= 4 is 11.3 Å². The molecule has 0 unspecified atom stereocenters. The van der Waals surface area contributed by atoms with E-state index in [0.717, 1.165) is 10.4 Å². The van der Waals surface area contributed by atoms with Crippen LogP contribution in [0.5, 0.6) is 0 Å². The van der Waals surface area contributed by atoms with Gasteiger partial charge in [0.1, 0.15) is 0 Å². The molecule has 0 aliphatic heterocycles. The fraction of sp³-hybridized carbons (Fsp3) is 0.333. The van der Waals surface area contributed by atoms with Gasteiger partial charge in [-0.05, 0) is 11.6 Å². The largest absolute Gasteiger partial charge is 0.391 e. The molecule has 0 bridgehead atoms. The maximum atomic E-state index is 8.80. The van der Waals surface area contributed by atoms with Gasteiger partial charge in [-0.2, -0.15) is 0 Å². The summed E-state index contributed by atoms with van der Waals surface area (Å²) in [6.07, 6.45) is 0.564. The molecule has 1 N–H and O–H groups in total. The quantitative estimate of drug-likeness (QED) is 0.267. The van der Waals surface area contributed by atoms with Crippen molar-refractivity contribution in [1.29, 1.82) is 0 Å². The molecule has 0 spiro atoms. The van der Waals surface area contributed by atoms with E-state index in [-0.39, 0.29) is 6.61 Å². The van der Waals surface area contributed by atoms with Crippen LogP contribution >= 0.6 is 11.3 Å². The molecule has 0 atom stereocenters. The van der Waals surface area contributed by atoms with Crippen LogP contribution in [0.4, 0.5) is 0 Å². The number of hydrogen-bond donors (Lipinski definition) is 1. The van der Waals surface area contributed by atoms with Crippen molar-refractivity contribution < 1.29 is 5.11 Å². The summed E-state index contributed by atoms with van der Waals surface area (Å²) < 4.78 is 0. The monoisotopic (exact) mass is 207 g/mol. The Hall–Kier alpha value is -1.47. The molecule has 1 rings (SSSR count). The minimum atomic E-state index is 0.0606. The van der Waals surface area contributed by atoms with Crippen molar-refractivity contribution in [3.8, 4) is 11.8 Å². The number of nitrogens with zero attached hydrogens (tertiary/aromatic N) is 3. The van der Waals surface area contributed by atoms with Gasteiger partial charge < -0.3 is 5.11 Å². The van der Waals surface area contributed by atoms with Crippen LogP contribution in [0.2, 0.25) is 0 Å². The van der Waals surface area contributed by atoms with Crippen LogP contribution in [0, 0.1) is 11.8 Å². The van der Waals surface area contributed by atoms with Crippen LogP contribution in [0.25, 0.3) is 10.4 Å². The summed E-state index contributed by atoms with van der Waals surface area (Å²) >= 11 is 1.48. The number of rotatable bonds is 3. The average Bonchev–Trinajstić information content (AvgIpc) is 2.65. The lowest BCUT2D eigenvalue weighted by Gasteiger charge is -1.81. The highest BCUT2D eigenvalue weighted by Crippen LogP contribution is 2.13. The Morgan fingerprint density at radius 2 is 2.50 bits per heavy atom. The van der Waals surface area contributed by atoms with E-state index in [1.807, 2.05) is 11.4 Å². The van der Waals surface area contributed by atoms with Crippen LogP contribution < -0.4 is 0 Å². The molecule has 1 heterocycles. The minimum absolute atomic E-state index is 0.0606. The van der Waals surface area contributed by atoms with Gasteiger partial charge in [0.2, 0.25) is 0 Å². The Morgan fingerprint density at radius 1 is 1.64 bits per heavy atom. The van der Waals surface area contributed by atoms with Crippen LogP contribution in [0.1, 0.15) is 16.9 Å². The number of thiophene rings is 1. The molecular weight excluding hydrogens is 198 g/mol. The predicted molar refractivity (Wildman–Crippen MR) is 55.7 cm³/mol. The van der Waals surface area contributed by atoms with Crippen LogP contribution in [-0.2, 0) is 6.61 Å². The highest BCUT2D eigenvalue weighted by atomic mass is 32.1. The Labute approximate surface area is 85.8 Å². The zero-order chi connectivity index (χ0) is 10.2. The number of aliphatic hydroxyl groups is 1. The lowest BCUT2D eigenvalue weighted by Crippen LogP contribution is -1.74. The smallest absolute Gasteiger partial charge is 0.0774 e. The fourth-order valence-corrected chi connectivity index (χ4v) is 1.52. The first kappa shape index (κ1) is 10.6. The van der Waals surface area contributed by atoms with Crippen LogP contribution in [0.3, 0.4) is 0 Å². The summed E-state index contributed by atoms with van der Waals surface area (Å²) in [5.41, 5.74) is 8.90. The standard InChI is InChI=1S/C9H9N3OS/c10-12-11-4-2-1-3-8-5-9(6-13)14-7-8/h5,7,13H,2,4,6H2. The molecular formula is C9H9N3OS. The van der Waals surface area contributed by atoms with E-state index in [0.29, 0.717) is 13.0 Å². The predicted octanol–water partition coefficient (Wildman–Crippen LogP) is 2.29. The first-order valence-electron chi connectivity index (χ1n) is 4.05. The zero-order valence-electron chi connectivity index (χ0n) is 7.47. The van der Waals surface area contributed by atoms with E-state index in [1.54, 1.807) is 0 Å². The van der Waals surface area contributed by atoms with Gasteiger partial charge in [0.25, 0.3) is 0 Å². The van der Waals surface area contributed by atoms with Gasteiger partial charge in [-0.15, -0.1) is 11.3 Å². The van der Waals surface area contributed by atoms with E-state index < -0.39 is 0 Å². The zero-order valence-corrected chi connectivity index (χ0v) is 8.29. The first-order chi connectivity index (χ1) is 6.86. The van der Waals surface area contributed by atoms with Gasteiger partial charge in [-0.25, -0.2) is 0 Å². The van der Waals surface area contributed by atoms with E-state index in [4.69, 9.17) is 10.6 Å². The number of aliphatic hydroxyl groups excluding tert-OH is 1. The lowest BCUT2D eigenvalue weighted by atomic mass is 10.3. The van der Waals surface area contributed by atoms with Crippen molar-refractivity contribution in [2.75, 3.05) is 6.54 Å². The van der Waals surface area contributed by atoms with Gasteiger partial charge in [0.15, 0.2) is 0 Å². The fourth-order valence-electron chi connectivity index (χ4n) is 0.844. The molecule has 72 valence electrons. The Kier molecular flexibility index (Phi) is 4.59. The molecule has 0 amide bonds. The van der Waals surface area contributed by atoms with E-state index in [9.17, 15) is 0 Å². The summed E-state index contributed by atoms with van der Waals surface area (Å²) in [7, 11) is 0. The second kappa shape index (κ2) is 6.06. The van der Waals surface area contributed by atoms with Crippen LogP contribution in [-0.4, -0.2) is 11.7 Å². The van der Waals surface area contributed by atoms with Gasteiger partial charge in [-0.1, -0.05) is 17.0 Å². The lowest BCUT2D eigenvalue weighted by molar-refractivity contribution is 0.285. The third kappa shape index (κ3) is 3.50. The Bertz CT molecular complexity index is 396. The van der Waals surface area contributed by atoms with Gasteiger partial charge in [0.05, 0.1) is 6.61 Å². The molecule has 0 fully saturated rings. The molecule has 0 aromatic carbocycles. The highest BCUT2D eigenvalue weighted by molar-refractivity contribution is 7.10. The normalized spacial score (nSPS) is 8.64. The van der Waals surface area contributed by atoms with Gasteiger partial charge >= 0.3 is 0 Å². The van der Waals surface area contributed by atoms with Gasteiger partial charge in [-0.3, -0.25) is 0 Å². The van der Waals surface area contributed by atoms with Crippen molar-refractivity contribution in [1.82, 2.24) is 0 Å². The van der Waals surface area contributed by atoms with E-state index in [1.165, 1.54) is 11.3 Å². The molecule has 0 aliphatic rings. The Morgan fingerprint density at radius 3 is 3.14 bits per heavy atom. The van der Waals surface area contributed by atoms with Gasteiger partial charge in [0, 0.05) is 33.7 Å². The molecule has 14 heavy (non-hydrogen) atoms. The van der Waals surface area contributed by atoms with Crippen LogP contribution in [0.15, 0.2) is 16.6 Å². The first-order valence-corrected chi connectivity index (χ1v) is 4.93. The second-order valence-electron chi connectivity index (χ2n) is 2.47. The maximum absolute atomic E-state index is 8.80. The second-order valence-corrected chi connectivity index (χ2v) is 3.46. The van der Waals surface area contributed by atoms with Crippen molar-refractivity contribution in [2.24, 2.45) is 5.11 Å². The number of hydrogen-bond acceptors (Lipinski definition) is 3. The molecule has 5 heteroatoms. The summed E-state index contributed by atoms with van der Waals surface area (Å²) in [4.78, 5) is 3.53. The third-order valence-corrected chi connectivity index (χ3v) is 2.36. The van der Waals surface area contributed by atoms with E-state index in [2.05, 4.69) is 21.9 Å². The molecule has 0 saturated carbocycles. The number of azide groups is 1. The van der Waals surface area contributed by atoms with Crippen molar-refractivity contribution in [2.45, 2.75) is 13.0 Å².